The lowest BCUT2D eigenvalue weighted by molar-refractivity contribution is 0.629. The van der Waals surface area contributed by atoms with Crippen molar-refractivity contribution in [2.75, 3.05) is 6.54 Å². The minimum Gasteiger partial charge on any atom is -0.361 e. The van der Waals surface area contributed by atoms with Gasteiger partial charge in [-0.15, -0.1) is 0 Å². The van der Waals surface area contributed by atoms with Crippen molar-refractivity contribution in [2.24, 2.45) is 5.73 Å². The van der Waals surface area contributed by atoms with Crippen LogP contribution < -0.4 is 5.73 Å². The number of para-hydroxylation sites is 1. The van der Waals surface area contributed by atoms with E-state index in [1.807, 2.05) is 54.2 Å². The fraction of sp³-hybridized carbons (Fsp3) is 0.150. The quantitative estimate of drug-likeness (QED) is 0.595. The summed E-state index contributed by atoms with van der Waals surface area (Å²) in [4.78, 5) is 3.21. The Labute approximate surface area is 145 Å². The summed E-state index contributed by atoms with van der Waals surface area (Å²) >= 11 is 0. The zero-order chi connectivity index (χ0) is 17.4. The van der Waals surface area contributed by atoms with Gasteiger partial charge in [-0.3, -0.25) is 0 Å². The number of benzene rings is 2. The maximum atomic E-state index is 13.7. The van der Waals surface area contributed by atoms with Crippen LogP contribution in [0, 0.1) is 12.7 Å². The molecule has 0 saturated heterocycles. The first-order chi connectivity index (χ1) is 12.2. The van der Waals surface area contributed by atoms with Crippen LogP contribution in [-0.4, -0.2) is 21.3 Å². The SMILES string of the molecule is Cc1cc(C(CN)c2c[nH]c3ccc(F)cc23)n(-c2ccccc2)n1. The topological polar surface area (TPSA) is 59.6 Å². The molecule has 2 heterocycles. The molecule has 0 fully saturated rings. The molecule has 4 aromatic rings. The standard InChI is InChI=1S/C20H19FN4/c1-13-9-20(25(24-13)15-5-3-2-4-6-15)17(11-22)18-12-23-19-8-7-14(21)10-16(18)19/h2-10,12,17,23H,11,22H2,1H3. The number of aromatic amines is 1. The molecule has 0 aliphatic heterocycles. The molecule has 0 radical (unpaired) electrons. The van der Waals surface area contributed by atoms with Crippen molar-refractivity contribution >= 4 is 10.9 Å². The molecule has 1 unspecified atom stereocenters. The molecule has 0 amide bonds. The van der Waals surface area contributed by atoms with E-state index in [1.165, 1.54) is 6.07 Å². The van der Waals surface area contributed by atoms with E-state index in [2.05, 4.69) is 10.1 Å². The van der Waals surface area contributed by atoms with Gasteiger partial charge in [0.1, 0.15) is 5.82 Å². The number of aromatic nitrogens is 3. The van der Waals surface area contributed by atoms with Crippen molar-refractivity contribution in [1.82, 2.24) is 14.8 Å². The van der Waals surface area contributed by atoms with Gasteiger partial charge in [0.25, 0.3) is 0 Å². The lowest BCUT2D eigenvalue weighted by Gasteiger charge is -2.17. The first kappa shape index (κ1) is 15.6. The summed E-state index contributed by atoms with van der Waals surface area (Å²) in [5, 5.41) is 5.49. The normalized spacial score (nSPS) is 12.6. The molecule has 1 atom stereocenters. The molecule has 0 saturated carbocycles. The predicted molar refractivity (Wildman–Crippen MR) is 97.5 cm³/mol. The van der Waals surface area contributed by atoms with Crippen LogP contribution >= 0.6 is 0 Å². The molecule has 0 aliphatic rings. The van der Waals surface area contributed by atoms with Crippen molar-refractivity contribution in [3.63, 3.8) is 0 Å². The fourth-order valence-corrected chi connectivity index (χ4v) is 3.35. The third kappa shape index (κ3) is 2.72. The lowest BCUT2D eigenvalue weighted by atomic mass is 9.94. The number of halogens is 1. The summed E-state index contributed by atoms with van der Waals surface area (Å²) in [6.45, 7) is 2.37. The van der Waals surface area contributed by atoms with Gasteiger partial charge in [0.05, 0.1) is 17.1 Å². The second-order valence-electron chi connectivity index (χ2n) is 6.18. The van der Waals surface area contributed by atoms with E-state index in [-0.39, 0.29) is 11.7 Å². The van der Waals surface area contributed by atoms with E-state index in [9.17, 15) is 4.39 Å². The Morgan fingerprint density at radius 3 is 2.72 bits per heavy atom. The van der Waals surface area contributed by atoms with Gasteiger partial charge < -0.3 is 10.7 Å². The highest BCUT2D eigenvalue weighted by molar-refractivity contribution is 5.84. The van der Waals surface area contributed by atoms with Crippen molar-refractivity contribution in [3.05, 3.63) is 83.6 Å². The summed E-state index contributed by atoms with van der Waals surface area (Å²) in [6.07, 6.45) is 1.92. The number of nitrogens with two attached hydrogens (primary N) is 1. The zero-order valence-electron chi connectivity index (χ0n) is 13.9. The minimum atomic E-state index is -0.253. The molecule has 3 N–H and O–H groups in total. The summed E-state index contributed by atoms with van der Waals surface area (Å²) in [5.74, 6) is -0.339. The predicted octanol–water partition coefficient (Wildman–Crippen LogP) is 3.89. The van der Waals surface area contributed by atoms with Gasteiger partial charge in [-0.1, -0.05) is 18.2 Å². The van der Waals surface area contributed by atoms with Crippen LogP contribution in [0.15, 0.2) is 60.8 Å². The molecule has 2 aromatic carbocycles. The van der Waals surface area contributed by atoms with Gasteiger partial charge in [-0.25, -0.2) is 9.07 Å². The van der Waals surface area contributed by atoms with Gasteiger partial charge in [-0.05, 0) is 48.9 Å². The smallest absolute Gasteiger partial charge is 0.123 e. The summed E-state index contributed by atoms with van der Waals surface area (Å²) in [7, 11) is 0. The molecule has 5 heteroatoms. The van der Waals surface area contributed by atoms with Gasteiger partial charge in [0.2, 0.25) is 0 Å². The average Bonchev–Trinajstić information content (AvgIpc) is 3.21. The van der Waals surface area contributed by atoms with Crippen LogP contribution in [0.3, 0.4) is 0 Å². The largest absolute Gasteiger partial charge is 0.361 e. The molecule has 0 spiro atoms. The van der Waals surface area contributed by atoms with Crippen LogP contribution in [0.1, 0.15) is 22.9 Å². The molecule has 25 heavy (non-hydrogen) atoms. The van der Waals surface area contributed by atoms with Crippen molar-refractivity contribution < 1.29 is 4.39 Å². The van der Waals surface area contributed by atoms with Gasteiger partial charge in [0, 0.05) is 29.6 Å². The molecular weight excluding hydrogens is 315 g/mol. The van der Waals surface area contributed by atoms with E-state index in [1.54, 1.807) is 12.1 Å². The Bertz CT molecular complexity index is 1020. The first-order valence-corrected chi connectivity index (χ1v) is 8.26. The maximum Gasteiger partial charge on any atom is 0.123 e. The number of rotatable bonds is 4. The third-order valence-electron chi connectivity index (χ3n) is 4.50. The van der Waals surface area contributed by atoms with Gasteiger partial charge in [-0.2, -0.15) is 5.10 Å². The molecular formula is C20H19FN4. The number of nitrogens with one attached hydrogen (secondary N) is 1. The van der Waals surface area contributed by atoms with Crippen molar-refractivity contribution in [3.8, 4) is 5.69 Å². The van der Waals surface area contributed by atoms with Crippen molar-refractivity contribution in [1.29, 1.82) is 0 Å². The lowest BCUT2D eigenvalue weighted by Crippen LogP contribution is -2.17. The summed E-state index contributed by atoms with van der Waals surface area (Å²) in [5.41, 5.74) is 10.9. The second kappa shape index (κ2) is 6.18. The van der Waals surface area contributed by atoms with Crippen LogP contribution in [-0.2, 0) is 0 Å². The number of H-pyrrole nitrogens is 1. The number of aryl methyl sites for hydroxylation is 1. The Hall–Kier alpha value is -2.92. The highest BCUT2D eigenvalue weighted by atomic mass is 19.1. The molecule has 4 nitrogen and oxygen atoms in total. The number of fused-ring (bicyclic) bond motifs is 1. The van der Waals surface area contributed by atoms with Crippen LogP contribution in [0.5, 0.6) is 0 Å². The van der Waals surface area contributed by atoms with E-state index >= 15 is 0 Å². The molecule has 2 aromatic heterocycles. The monoisotopic (exact) mass is 334 g/mol. The summed E-state index contributed by atoms with van der Waals surface area (Å²) < 4.78 is 15.7. The molecule has 4 rings (SSSR count). The molecule has 0 aliphatic carbocycles. The van der Waals surface area contributed by atoms with Gasteiger partial charge >= 0.3 is 0 Å². The van der Waals surface area contributed by atoms with E-state index < -0.39 is 0 Å². The number of hydrogen-bond acceptors (Lipinski definition) is 2. The van der Waals surface area contributed by atoms with E-state index in [4.69, 9.17) is 5.73 Å². The van der Waals surface area contributed by atoms with E-state index in [0.29, 0.717) is 6.54 Å². The zero-order valence-corrected chi connectivity index (χ0v) is 13.9. The molecule has 126 valence electrons. The highest BCUT2D eigenvalue weighted by Gasteiger charge is 2.22. The first-order valence-electron chi connectivity index (χ1n) is 8.26. The Morgan fingerprint density at radius 1 is 1.16 bits per heavy atom. The van der Waals surface area contributed by atoms with Crippen molar-refractivity contribution in [2.45, 2.75) is 12.8 Å². The highest BCUT2D eigenvalue weighted by Crippen LogP contribution is 2.32. The average molecular weight is 334 g/mol. The summed E-state index contributed by atoms with van der Waals surface area (Å²) in [6, 6.07) is 16.8. The molecule has 0 bridgehead atoms. The van der Waals surface area contributed by atoms with Gasteiger partial charge in [0.15, 0.2) is 0 Å². The number of hydrogen-bond donors (Lipinski definition) is 2. The Kier molecular flexibility index (Phi) is 3.86. The fourth-order valence-electron chi connectivity index (χ4n) is 3.35. The van der Waals surface area contributed by atoms with Crippen LogP contribution in [0.25, 0.3) is 16.6 Å². The van der Waals surface area contributed by atoms with E-state index in [0.717, 1.165) is 33.5 Å². The second-order valence-corrected chi connectivity index (χ2v) is 6.18. The third-order valence-corrected chi connectivity index (χ3v) is 4.50. The minimum absolute atomic E-state index is 0.0862. The Morgan fingerprint density at radius 2 is 1.96 bits per heavy atom. The number of nitrogens with zero attached hydrogens (tertiary/aromatic N) is 2. The maximum absolute atomic E-state index is 13.7. The van der Waals surface area contributed by atoms with Crippen LogP contribution in [0.2, 0.25) is 0 Å². The Balaban J connectivity index is 1.88. The van der Waals surface area contributed by atoms with Crippen LogP contribution in [0.4, 0.5) is 4.39 Å².